The highest BCUT2D eigenvalue weighted by Crippen LogP contribution is 2.27. The van der Waals surface area contributed by atoms with Gasteiger partial charge in [-0.1, -0.05) is 30.3 Å². The van der Waals surface area contributed by atoms with Crippen LogP contribution in [0.15, 0.2) is 58.9 Å². The molecule has 0 atom stereocenters. The monoisotopic (exact) mass is 439 g/mol. The third-order valence-corrected chi connectivity index (χ3v) is 7.58. The van der Waals surface area contributed by atoms with E-state index in [-0.39, 0.29) is 5.91 Å². The van der Waals surface area contributed by atoms with Gasteiger partial charge in [0.15, 0.2) is 6.29 Å². The number of H-pyrrole nitrogens is 1. The van der Waals surface area contributed by atoms with Crippen LogP contribution < -0.4 is 0 Å². The molecule has 0 unspecified atom stereocenters. The molecule has 0 spiro atoms. The third-order valence-electron chi connectivity index (χ3n) is 5.26. The van der Waals surface area contributed by atoms with Crippen molar-refractivity contribution in [2.45, 2.75) is 10.6 Å². The zero-order valence-corrected chi connectivity index (χ0v) is 18.4. The lowest BCUT2D eigenvalue weighted by molar-refractivity contribution is 0.0632. The number of aromatic nitrogens is 1. The topological polar surface area (TPSA) is 56.4 Å². The predicted octanol–water partition coefficient (Wildman–Crippen LogP) is 4.50. The van der Waals surface area contributed by atoms with Gasteiger partial charge in [0.2, 0.25) is 0 Å². The molecular weight excluding hydrogens is 414 g/mol. The SMILES string of the molecule is O=Cc1ccc(SCCCN2CCN(C(=O)c3cc(-c4ccccc4)c[nH]3)CC2)s1. The van der Waals surface area contributed by atoms with Gasteiger partial charge in [0.25, 0.3) is 5.91 Å². The molecule has 1 aliphatic heterocycles. The molecule has 1 saturated heterocycles. The molecule has 3 heterocycles. The second kappa shape index (κ2) is 10.1. The minimum Gasteiger partial charge on any atom is -0.357 e. The minimum absolute atomic E-state index is 0.0797. The average molecular weight is 440 g/mol. The summed E-state index contributed by atoms with van der Waals surface area (Å²) in [6, 6.07) is 15.9. The van der Waals surface area contributed by atoms with Crippen LogP contribution in [0, 0.1) is 0 Å². The summed E-state index contributed by atoms with van der Waals surface area (Å²) < 4.78 is 1.20. The number of carbonyl (C=O) groups excluding carboxylic acids is 2. The minimum atomic E-state index is 0.0797. The lowest BCUT2D eigenvalue weighted by atomic mass is 10.1. The fourth-order valence-corrected chi connectivity index (χ4v) is 5.56. The smallest absolute Gasteiger partial charge is 0.270 e. The van der Waals surface area contributed by atoms with E-state index in [1.807, 2.05) is 71.4 Å². The van der Waals surface area contributed by atoms with Crippen molar-refractivity contribution in [2.75, 3.05) is 38.5 Å². The number of thioether (sulfide) groups is 1. The molecule has 5 nitrogen and oxygen atoms in total. The standard InChI is InChI=1S/C23H25N3O2S2/c27-17-20-7-8-22(30-20)29-14-4-9-25-10-12-26(13-11-25)23(28)21-15-19(16-24-21)18-5-2-1-3-6-18/h1-3,5-8,15-17,24H,4,9-14H2. The van der Waals surface area contributed by atoms with Crippen LogP contribution in [0.4, 0.5) is 0 Å². The quantitative estimate of drug-likeness (QED) is 0.319. The summed E-state index contributed by atoms with van der Waals surface area (Å²) >= 11 is 3.37. The Hall–Kier alpha value is -2.35. The summed E-state index contributed by atoms with van der Waals surface area (Å²) in [5, 5.41) is 0. The Bertz CT molecular complexity index is 975. The van der Waals surface area contributed by atoms with E-state index < -0.39 is 0 Å². The molecule has 1 aromatic carbocycles. The first-order chi connectivity index (χ1) is 14.7. The first-order valence-corrected chi connectivity index (χ1v) is 12.0. The zero-order valence-electron chi connectivity index (χ0n) is 16.8. The maximum Gasteiger partial charge on any atom is 0.270 e. The molecule has 1 N–H and O–H groups in total. The van der Waals surface area contributed by atoms with Gasteiger partial charge in [0.05, 0.1) is 9.09 Å². The number of aldehydes is 1. The normalized spacial score (nSPS) is 14.7. The molecule has 3 aromatic rings. The van der Waals surface area contributed by atoms with Gasteiger partial charge in [0, 0.05) is 38.1 Å². The van der Waals surface area contributed by atoms with Crippen LogP contribution in [0.2, 0.25) is 0 Å². The van der Waals surface area contributed by atoms with Crippen LogP contribution in [0.5, 0.6) is 0 Å². The van der Waals surface area contributed by atoms with Crippen molar-refractivity contribution in [2.24, 2.45) is 0 Å². The van der Waals surface area contributed by atoms with Crippen LogP contribution in [-0.2, 0) is 0 Å². The Labute approximate surface area is 185 Å². The molecule has 2 aromatic heterocycles. The van der Waals surface area contributed by atoms with E-state index >= 15 is 0 Å². The summed E-state index contributed by atoms with van der Waals surface area (Å²) in [7, 11) is 0. The number of hydrogen-bond acceptors (Lipinski definition) is 5. The average Bonchev–Trinajstić information content (AvgIpc) is 3.47. The van der Waals surface area contributed by atoms with Crippen LogP contribution in [-0.4, -0.2) is 65.5 Å². The van der Waals surface area contributed by atoms with Crippen LogP contribution in [0.3, 0.4) is 0 Å². The maximum atomic E-state index is 12.8. The van der Waals surface area contributed by atoms with Crippen molar-refractivity contribution < 1.29 is 9.59 Å². The molecule has 0 radical (unpaired) electrons. The summed E-state index contributed by atoms with van der Waals surface area (Å²) in [5.74, 6) is 1.12. The fraction of sp³-hybridized carbons (Fsp3) is 0.304. The molecule has 1 aliphatic rings. The second-order valence-corrected chi connectivity index (χ2v) is 9.79. The zero-order chi connectivity index (χ0) is 20.8. The van der Waals surface area contributed by atoms with Crippen molar-refractivity contribution in [1.29, 1.82) is 0 Å². The first kappa shape index (κ1) is 20.9. The molecule has 30 heavy (non-hydrogen) atoms. The van der Waals surface area contributed by atoms with Gasteiger partial charge in [-0.3, -0.25) is 14.5 Å². The van der Waals surface area contributed by atoms with E-state index in [4.69, 9.17) is 0 Å². The number of nitrogens with one attached hydrogen (secondary N) is 1. The lowest BCUT2D eigenvalue weighted by Gasteiger charge is -2.34. The maximum absolute atomic E-state index is 12.8. The molecule has 0 aliphatic carbocycles. The van der Waals surface area contributed by atoms with E-state index in [1.165, 1.54) is 4.21 Å². The van der Waals surface area contributed by atoms with Crippen molar-refractivity contribution in [1.82, 2.24) is 14.8 Å². The van der Waals surface area contributed by atoms with E-state index in [2.05, 4.69) is 9.88 Å². The van der Waals surface area contributed by atoms with Crippen LogP contribution in [0.25, 0.3) is 11.1 Å². The Morgan fingerprint density at radius 3 is 2.60 bits per heavy atom. The van der Waals surface area contributed by atoms with E-state index in [9.17, 15) is 9.59 Å². The lowest BCUT2D eigenvalue weighted by Crippen LogP contribution is -2.49. The van der Waals surface area contributed by atoms with E-state index in [0.29, 0.717) is 5.69 Å². The van der Waals surface area contributed by atoms with Crippen molar-refractivity contribution >= 4 is 35.3 Å². The van der Waals surface area contributed by atoms with Gasteiger partial charge < -0.3 is 9.88 Å². The summed E-state index contributed by atoms with van der Waals surface area (Å²) in [6.45, 7) is 4.40. The number of carbonyl (C=O) groups is 2. The number of hydrogen-bond donors (Lipinski definition) is 1. The van der Waals surface area contributed by atoms with Crippen LogP contribution >= 0.6 is 23.1 Å². The summed E-state index contributed by atoms with van der Waals surface area (Å²) in [4.78, 5) is 31.9. The summed E-state index contributed by atoms with van der Waals surface area (Å²) in [6.07, 6.45) is 3.91. The molecule has 0 saturated carbocycles. The molecule has 156 valence electrons. The fourth-order valence-electron chi connectivity index (χ4n) is 3.60. The highest BCUT2D eigenvalue weighted by molar-refractivity contribution is 8.01. The second-order valence-electron chi connectivity index (χ2n) is 7.28. The number of piperazine rings is 1. The number of nitrogens with zero attached hydrogens (tertiary/aromatic N) is 2. The van der Waals surface area contributed by atoms with Gasteiger partial charge >= 0.3 is 0 Å². The van der Waals surface area contributed by atoms with E-state index in [1.54, 1.807) is 11.3 Å². The van der Waals surface area contributed by atoms with Gasteiger partial charge in [-0.05, 0) is 42.3 Å². The Morgan fingerprint density at radius 2 is 1.87 bits per heavy atom. The molecule has 7 heteroatoms. The van der Waals surface area contributed by atoms with Crippen molar-refractivity contribution in [3.63, 3.8) is 0 Å². The Morgan fingerprint density at radius 1 is 1.07 bits per heavy atom. The van der Waals surface area contributed by atoms with Gasteiger partial charge in [-0.25, -0.2) is 0 Å². The number of thiophene rings is 1. The van der Waals surface area contributed by atoms with Gasteiger partial charge in [-0.2, -0.15) is 0 Å². The van der Waals surface area contributed by atoms with Gasteiger partial charge in [-0.15, -0.1) is 23.1 Å². The van der Waals surface area contributed by atoms with Crippen molar-refractivity contribution in [3.05, 3.63) is 65.3 Å². The molecule has 1 amide bonds. The largest absolute Gasteiger partial charge is 0.357 e. The van der Waals surface area contributed by atoms with Crippen molar-refractivity contribution in [3.8, 4) is 11.1 Å². The molecule has 0 bridgehead atoms. The van der Waals surface area contributed by atoms with Gasteiger partial charge in [0.1, 0.15) is 5.69 Å². The van der Waals surface area contributed by atoms with E-state index in [0.717, 1.165) is 67.2 Å². The number of benzene rings is 1. The number of amides is 1. The highest BCUT2D eigenvalue weighted by Gasteiger charge is 2.23. The summed E-state index contributed by atoms with van der Waals surface area (Å²) in [5.41, 5.74) is 2.81. The third kappa shape index (κ3) is 5.22. The Kier molecular flexibility index (Phi) is 7.04. The molecule has 1 fully saturated rings. The molecule has 4 rings (SSSR count). The predicted molar refractivity (Wildman–Crippen MR) is 124 cm³/mol. The molecular formula is C23H25N3O2S2. The van der Waals surface area contributed by atoms with Crippen LogP contribution in [0.1, 0.15) is 26.6 Å². The Balaban J connectivity index is 1.20. The highest BCUT2D eigenvalue weighted by atomic mass is 32.2. The number of rotatable bonds is 8. The first-order valence-electron chi connectivity index (χ1n) is 10.2. The number of aromatic amines is 1.